The number of carbonyl (C=O) groups excluding carboxylic acids is 1. The van der Waals surface area contributed by atoms with Gasteiger partial charge in [-0.25, -0.2) is 0 Å². The smallest absolute Gasteiger partial charge is 0.263 e. The Labute approximate surface area is 110 Å². The Morgan fingerprint density at radius 2 is 2.05 bits per heavy atom. The first kappa shape index (κ1) is 12.9. The van der Waals surface area contributed by atoms with Crippen molar-refractivity contribution < 1.29 is 14.3 Å². The minimum atomic E-state index is -0.274. The van der Waals surface area contributed by atoms with Crippen molar-refractivity contribution in [2.75, 3.05) is 19.0 Å². The minimum absolute atomic E-state index is 0.100. The molecule has 19 heavy (non-hydrogen) atoms. The van der Waals surface area contributed by atoms with Gasteiger partial charge >= 0.3 is 0 Å². The molecule has 6 nitrogen and oxygen atoms in total. The Kier molecular flexibility index (Phi) is 4.02. The summed E-state index contributed by atoms with van der Waals surface area (Å²) < 4.78 is 12.1. The maximum absolute atomic E-state index is 11.7. The number of nitrogens with zero attached hydrogens (tertiary/aromatic N) is 2. The molecule has 0 saturated carbocycles. The number of aryl methyl sites for hydroxylation is 1. The number of amides is 1. The SMILES string of the molecule is COc1ccccc1OCC(=O)Nc1ccn(C)n1. The van der Waals surface area contributed by atoms with Crippen molar-refractivity contribution in [3.63, 3.8) is 0 Å². The summed E-state index contributed by atoms with van der Waals surface area (Å²) in [6, 6.07) is 8.87. The maximum atomic E-state index is 11.7. The van der Waals surface area contributed by atoms with Crippen LogP contribution in [-0.2, 0) is 11.8 Å². The summed E-state index contributed by atoms with van der Waals surface area (Å²) in [5.41, 5.74) is 0. The quantitative estimate of drug-likeness (QED) is 0.884. The summed E-state index contributed by atoms with van der Waals surface area (Å²) in [4.78, 5) is 11.7. The van der Waals surface area contributed by atoms with E-state index in [9.17, 15) is 4.79 Å². The van der Waals surface area contributed by atoms with E-state index < -0.39 is 0 Å². The largest absolute Gasteiger partial charge is 0.493 e. The summed E-state index contributed by atoms with van der Waals surface area (Å²) >= 11 is 0. The van der Waals surface area contributed by atoms with Gasteiger partial charge in [-0.05, 0) is 12.1 Å². The van der Waals surface area contributed by atoms with E-state index in [0.29, 0.717) is 17.3 Å². The van der Waals surface area contributed by atoms with Gasteiger partial charge in [-0.15, -0.1) is 0 Å². The zero-order chi connectivity index (χ0) is 13.7. The predicted octanol–water partition coefficient (Wildman–Crippen LogP) is 1.45. The van der Waals surface area contributed by atoms with Crippen LogP contribution in [0.4, 0.5) is 5.82 Å². The first-order valence-electron chi connectivity index (χ1n) is 5.74. The molecule has 0 aliphatic rings. The Hall–Kier alpha value is -2.50. The lowest BCUT2D eigenvalue weighted by atomic mass is 10.3. The summed E-state index contributed by atoms with van der Waals surface area (Å²) in [6.07, 6.45) is 1.75. The van der Waals surface area contributed by atoms with Crippen LogP contribution in [-0.4, -0.2) is 29.4 Å². The molecular formula is C13H15N3O3. The monoisotopic (exact) mass is 261 g/mol. The summed E-state index contributed by atoms with van der Waals surface area (Å²) in [5.74, 6) is 1.34. The molecule has 0 fully saturated rings. The molecule has 0 aliphatic carbocycles. The standard InChI is InChI=1S/C13H15N3O3/c1-16-8-7-12(15-16)14-13(17)9-19-11-6-4-3-5-10(11)18-2/h3-8H,9H2,1-2H3,(H,14,15,17). The molecule has 6 heteroatoms. The van der Waals surface area contributed by atoms with Gasteiger partial charge in [0.2, 0.25) is 0 Å². The lowest BCUT2D eigenvalue weighted by Gasteiger charge is -2.09. The highest BCUT2D eigenvalue weighted by Gasteiger charge is 2.08. The molecule has 0 aliphatic heterocycles. The van der Waals surface area contributed by atoms with Gasteiger partial charge in [-0.1, -0.05) is 12.1 Å². The van der Waals surface area contributed by atoms with E-state index in [0.717, 1.165) is 0 Å². The maximum Gasteiger partial charge on any atom is 0.263 e. The third kappa shape index (κ3) is 3.48. The fraction of sp³-hybridized carbons (Fsp3) is 0.231. The molecule has 0 radical (unpaired) electrons. The first-order valence-corrected chi connectivity index (χ1v) is 5.74. The van der Waals surface area contributed by atoms with Gasteiger partial charge in [0.05, 0.1) is 7.11 Å². The van der Waals surface area contributed by atoms with Gasteiger partial charge in [0.1, 0.15) is 0 Å². The summed E-state index contributed by atoms with van der Waals surface area (Å²) in [6.45, 7) is -0.100. The van der Waals surface area contributed by atoms with Crippen molar-refractivity contribution in [2.45, 2.75) is 0 Å². The van der Waals surface area contributed by atoms with Crippen molar-refractivity contribution in [1.29, 1.82) is 0 Å². The Bertz CT molecular complexity index is 566. The van der Waals surface area contributed by atoms with Crippen molar-refractivity contribution >= 4 is 11.7 Å². The van der Waals surface area contributed by atoms with E-state index in [2.05, 4.69) is 10.4 Å². The van der Waals surface area contributed by atoms with Gasteiger partial charge in [0.15, 0.2) is 23.9 Å². The molecule has 0 bridgehead atoms. The van der Waals surface area contributed by atoms with Gasteiger partial charge < -0.3 is 14.8 Å². The van der Waals surface area contributed by atoms with Crippen LogP contribution in [0.2, 0.25) is 0 Å². The third-order valence-corrected chi connectivity index (χ3v) is 2.41. The predicted molar refractivity (Wildman–Crippen MR) is 70.3 cm³/mol. The number of methoxy groups -OCH3 is 1. The van der Waals surface area contributed by atoms with Crippen LogP contribution in [0.1, 0.15) is 0 Å². The zero-order valence-electron chi connectivity index (χ0n) is 10.8. The second-order valence-electron chi connectivity index (χ2n) is 3.86. The minimum Gasteiger partial charge on any atom is -0.493 e. The van der Waals surface area contributed by atoms with Crippen molar-refractivity contribution in [3.8, 4) is 11.5 Å². The van der Waals surface area contributed by atoms with E-state index in [1.807, 2.05) is 12.1 Å². The van der Waals surface area contributed by atoms with Gasteiger partial charge in [-0.2, -0.15) is 5.10 Å². The molecule has 2 aromatic rings. The molecule has 1 N–H and O–H groups in total. The second kappa shape index (κ2) is 5.90. The average molecular weight is 261 g/mol. The van der Waals surface area contributed by atoms with Crippen LogP contribution in [0.3, 0.4) is 0 Å². The van der Waals surface area contributed by atoms with E-state index in [1.165, 1.54) is 0 Å². The number of anilines is 1. The van der Waals surface area contributed by atoms with Crippen molar-refractivity contribution in [2.24, 2.45) is 7.05 Å². The second-order valence-corrected chi connectivity index (χ2v) is 3.86. The lowest BCUT2D eigenvalue weighted by Crippen LogP contribution is -2.20. The highest BCUT2D eigenvalue weighted by molar-refractivity contribution is 5.90. The average Bonchev–Trinajstić information content (AvgIpc) is 2.82. The Morgan fingerprint density at radius 1 is 1.32 bits per heavy atom. The fourth-order valence-corrected chi connectivity index (χ4v) is 1.54. The van der Waals surface area contributed by atoms with Gasteiger partial charge in [-0.3, -0.25) is 9.48 Å². The van der Waals surface area contributed by atoms with Crippen LogP contribution in [0.5, 0.6) is 11.5 Å². The number of hydrogen-bond donors (Lipinski definition) is 1. The van der Waals surface area contributed by atoms with E-state index >= 15 is 0 Å². The number of rotatable bonds is 5. The molecule has 1 aromatic heterocycles. The Morgan fingerprint density at radius 3 is 2.68 bits per heavy atom. The highest BCUT2D eigenvalue weighted by atomic mass is 16.5. The summed E-state index contributed by atoms with van der Waals surface area (Å²) in [5, 5.41) is 6.68. The zero-order valence-corrected chi connectivity index (χ0v) is 10.8. The molecule has 100 valence electrons. The number of carbonyl (C=O) groups is 1. The number of ether oxygens (including phenoxy) is 2. The third-order valence-electron chi connectivity index (χ3n) is 2.41. The highest BCUT2D eigenvalue weighted by Crippen LogP contribution is 2.25. The molecule has 1 heterocycles. The summed E-state index contributed by atoms with van der Waals surface area (Å²) in [7, 11) is 3.33. The van der Waals surface area contributed by atoms with Crippen molar-refractivity contribution in [3.05, 3.63) is 36.5 Å². The van der Waals surface area contributed by atoms with E-state index in [1.54, 1.807) is 43.2 Å². The van der Waals surface area contributed by atoms with Crippen LogP contribution in [0.15, 0.2) is 36.5 Å². The van der Waals surface area contributed by atoms with Crippen LogP contribution in [0.25, 0.3) is 0 Å². The molecule has 0 unspecified atom stereocenters. The number of benzene rings is 1. The van der Waals surface area contributed by atoms with Crippen molar-refractivity contribution in [1.82, 2.24) is 9.78 Å². The van der Waals surface area contributed by atoms with Gasteiger partial charge in [0, 0.05) is 19.3 Å². The normalized spacial score (nSPS) is 10.0. The lowest BCUT2D eigenvalue weighted by molar-refractivity contribution is -0.118. The van der Waals surface area contributed by atoms with E-state index in [4.69, 9.17) is 9.47 Å². The van der Waals surface area contributed by atoms with E-state index in [-0.39, 0.29) is 12.5 Å². The number of nitrogens with one attached hydrogen (secondary N) is 1. The number of para-hydroxylation sites is 2. The topological polar surface area (TPSA) is 65.4 Å². The molecule has 1 aromatic carbocycles. The number of hydrogen-bond acceptors (Lipinski definition) is 4. The number of aromatic nitrogens is 2. The molecule has 1 amide bonds. The fourth-order valence-electron chi connectivity index (χ4n) is 1.54. The van der Waals surface area contributed by atoms with Crippen LogP contribution < -0.4 is 14.8 Å². The molecule has 0 atom stereocenters. The van der Waals surface area contributed by atoms with Crippen LogP contribution in [0, 0.1) is 0 Å². The molecular weight excluding hydrogens is 246 g/mol. The molecule has 2 rings (SSSR count). The molecule has 0 saturated heterocycles. The Balaban J connectivity index is 1.89. The van der Waals surface area contributed by atoms with Gasteiger partial charge in [0.25, 0.3) is 5.91 Å². The first-order chi connectivity index (χ1) is 9.19. The van der Waals surface area contributed by atoms with Crippen LogP contribution >= 0.6 is 0 Å². The molecule has 0 spiro atoms.